The Bertz CT molecular complexity index is 1380. The van der Waals surface area contributed by atoms with Crippen LogP contribution in [0.3, 0.4) is 0 Å². The maximum Gasteiger partial charge on any atom is 0.300 e. The summed E-state index contributed by atoms with van der Waals surface area (Å²) in [6.07, 6.45) is 4.36. The largest absolute Gasteiger partial charge is 0.497 e. The van der Waals surface area contributed by atoms with E-state index < -0.39 is 0 Å². The van der Waals surface area contributed by atoms with Crippen molar-refractivity contribution in [3.63, 3.8) is 0 Å². The molecule has 36 heavy (non-hydrogen) atoms. The predicted octanol–water partition coefficient (Wildman–Crippen LogP) is 4.29. The zero-order chi connectivity index (χ0) is 24.9. The Hall–Kier alpha value is -4.12. The van der Waals surface area contributed by atoms with Gasteiger partial charge in [-0.25, -0.2) is 0 Å². The van der Waals surface area contributed by atoms with E-state index >= 15 is 0 Å². The Morgan fingerprint density at radius 2 is 1.72 bits per heavy atom. The van der Waals surface area contributed by atoms with Crippen molar-refractivity contribution in [3.8, 4) is 11.4 Å². The molecule has 2 amide bonds. The van der Waals surface area contributed by atoms with Gasteiger partial charge in [-0.15, -0.1) is 0 Å². The van der Waals surface area contributed by atoms with Crippen molar-refractivity contribution in [2.24, 2.45) is 0 Å². The average molecular weight is 482 g/mol. The molecule has 8 heteroatoms. The van der Waals surface area contributed by atoms with E-state index in [9.17, 15) is 9.59 Å². The number of likely N-dealkylation sites (tertiary alicyclic amines) is 1. The van der Waals surface area contributed by atoms with Crippen molar-refractivity contribution in [1.29, 1.82) is 0 Å². The van der Waals surface area contributed by atoms with Gasteiger partial charge in [0.2, 0.25) is 5.91 Å². The van der Waals surface area contributed by atoms with Crippen LogP contribution in [-0.4, -0.2) is 53.2 Å². The molecule has 8 nitrogen and oxygen atoms in total. The summed E-state index contributed by atoms with van der Waals surface area (Å²) in [5.74, 6) is 1.09. The number of anilines is 1. The van der Waals surface area contributed by atoms with Crippen LogP contribution < -0.4 is 9.64 Å². The van der Waals surface area contributed by atoms with Crippen LogP contribution in [0.4, 0.5) is 11.5 Å². The number of aromatic nitrogens is 2. The minimum absolute atomic E-state index is 0.0507. The van der Waals surface area contributed by atoms with E-state index in [0.717, 1.165) is 38.0 Å². The summed E-state index contributed by atoms with van der Waals surface area (Å²) < 4.78 is 6.83. The van der Waals surface area contributed by atoms with Crippen LogP contribution in [0.15, 0.2) is 48.5 Å². The number of methoxy groups -OCH3 is 1. The molecule has 0 spiro atoms. The van der Waals surface area contributed by atoms with E-state index in [1.54, 1.807) is 16.7 Å². The predicted molar refractivity (Wildman–Crippen MR) is 135 cm³/mol. The van der Waals surface area contributed by atoms with Crippen LogP contribution in [0.2, 0.25) is 0 Å². The van der Waals surface area contributed by atoms with Crippen molar-refractivity contribution >= 4 is 23.3 Å². The molecule has 1 aliphatic carbocycles. The molecule has 2 aromatic carbocycles. The molecule has 0 atom stereocenters. The first-order chi connectivity index (χ1) is 17.5. The molecule has 1 aromatic heterocycles. The third-order valence-corrected chi connectivity index (χ3v) is 7.73. The first-order valence-corrected chi connectivity index (χ1v) is 12.4. The monoisotopic (exact) mass is 481 g/mol. The number of amides is 2. The van der Waals surface area contributed by atoms with Crippen molar-refractivity contribution in [1.82, 2.24) is 14.7 Å². The van der Waals surface area contributed by atoms with Crippen molar-refractivity contribution < 1.29 is 14.3 Å². The smallest absolute Gasteiger partial charge is 0.300 e. The summed E-state index contributed by atoms with van der Waals surface area (Å²) in [5, 5.41) is 4.47. The Kier molecular flexibility index (Phi) is 5.29. The average Bonchev–Trinajstić information content (AvgIpc) is 3.43. The summed E-state index contributed by atoms with van der Waals surface area (Å²) in [5.41, 5.74) is 3.96. The minimum atomic E-state index is -0.161. The second kappa shape index (κ2) is 8.52. The topological polar surface area (TPSA) is 72.0 Å². The van der Waals surface area contributed by atoms with Gasteiger partial charge >= 0.3 is 0 Å². The number of fused-ring (bicyclic) bond motifs is 1. The Morgan fingerprint density at radius 1 is 1.00 bits per heavy atom. The zero-order valence-corrected chi connectivity index (χ0v) is 20.2. The molecule has 0 unspecified atom stereocenters. The first-order valence-electron chi connectivity index (χ1n) is 12.4. The zero-order valence-electron chi connectivity index (χ0n) is 20.2. The lowest BCUT2D eigenvalue weighted by molar-refractivity contribution is -0.128. The van der Waals surface area contributed by atoms with E-state index in [1.165, 1.54) is 5.56 Å². The normalized spacial score (nSPS) is 18.2. The summed E-state index contributed by atoms with van der Waals surface area (Å²) in [4.78, 5) is 33.2. The Balaban J connectivity index is 1.28. The fraction of sp³-hybridized carbons (Fsp3) is 0.357. The van der Waals surface area contributed by atoms with Gasteiger partial charge in [0.05, 0.1) is 12.8 Å². The molecule has 2 aliphatic heterocycles. The standard InChI is InChI=1S/C28H27N5O3/c1-29-26-23-13-17-32(27(35)25(23)33(30-26)21-9-11-22(36-2)12-10-21)20-7-5-19(6-8-20)28(14-15-28)18-31-16-3-4-24(31)34/h5-12H,3-4,13-18H2,2H3. The van der Waals surface area contributed by atoms with Gasteiger partial charge < -0.3 is 19.4 Å². The summed E-state index contributed by atoms with van der Waals surface area (Å²) in [6.45, 7) is 9.71. The van der Waals surface area contributed by atoms with E-state index in [4.69, 9.17) is 11.3 Å². The Morgan fingerprint density at radius 3 is 2.33 bits per heavy atom. The molecule has 1 saturated heterocycles. The SMILES string of the molecule is [C-]#[N+]c1nn(-c2ccc(OC)cc2)c2c1CCN(c1ccc(C3(CN4CCCC4=O)CC3)cc1)C2=O. The van der Waals surface area contributed by atoms with Crippen LogP contribution in [0.5, 0.6) is 5.75 Å². The number of rotatable bonds is 6. The number of benzene rings is 2. The van der Waals surface area contributed by atoms with Crippen LogP contribution in [0, 0.1) is 6.57 Å². The highest BCUT2D eigenvalue weighted by molar-refractivity contribution is 6.08. The number of nitrogens with zero attached hydrogens (tertiary/aromatic N) is 5. The summed E-state index contributed by atoms with van der Waals surface area (Å²) in [6, 6.07) is 15.5. The van der Waals surface area contributed by atoms with E-state index in [0.29, 0.717) is 42.1 Å². The maximum atomic E-state index is 13.7. The molecule has 6 rings (SSSR count). The van der Waals surface area contributed by atoms with Crippen LogP contribution >= 0.6 is 0 Å². The maximum absolute atomic E-state index is 13.7. The van der Waals surface area contributed by atoms with Gasteiger partial charge in [-0.1, -0.05) is 18.7 Å². The van der Waals surface area contributed by atoms with Crippen molar-refractivity contribution in [2.75, 3.05) is 31.6 Å². The number of carbonyl (C=O) groups is 2. The van der Waals surface area contributed by atoms with E-state index in [1.807, 2.05) is 41.3 Å². The minimum Gasteiger partial charge on any atom is -0.497 e. The van der Waals surface area contributed by atoms with Crippen molar-refractivity contribution in [2.45, 2.75) is 37.5 Å². The molecular formula is C28H27N5O3. The van der Waals surface area contributed by atoms with Gasteiger partial charge in [-0.05, 0) is 72.7 Å². The van der Waals surface area contributed by atoms with Crippen LogP contribution in [0.1, 0.15) is 47.3 Å². The molecule has 0 bridgehead atoms. The van der Waals surface area contributed by atoms with Gasteiger partial charge in [0.15, 0.2) is 0 Å². The highest BCUT2D eigenvalue weighted by atomic mass is 16.5. The summed E-state index contributed by atoms with van der Waals surface area (Å²) >= 11 is 0. The fourth-order valence-electron chi connectivity index (χ4n) is 5.51. The number of hydrogen-bond acceptors (Lipinski definition) is 4. The molecule has 3 aromatic rings. The number of ether oxygens (including phenoxy) is 1. The fourth-order valence-corrected chi connectivity index (χ4v) is 5.51. The molecule has 1 saturated carbocycles. The molecule has 182 valence electrons. The lowest BCUT2D eigenvalue weighted by atomic mass is 9.94. The van der Waals surface area contributed by atoms with Gasteiger partial charge in [0, 0.05) is 42.7 Å². The number of hydrogen-bond donors (Lipinski definition) is 0. The van der Waals surface area contributed by atoms with Crippen molar-refractivity contribution in [3.05, 3.63) is 76.8 Å². The van der Waals surface area contributed by atoms with Gasteiger partial charge in [-0.2, -0.15) is 4.68 Å². The van der Waals surface area contributed by atoms with E-state index in [2.05, 4.69) is 22.1 Å². The molecule has 0 radical (unpaired) electrons. The third-order valence-electron chi connectivity index (χ3n) is 7.73. The lowest BCUT2D eigenvalue weighted by Crippen LogP contribution is -2.38. The van der Waals surface area contributed by atoms with Gasteiger partial charge in [-0.3, -0.25) is 9.59 Å². The third kappa shape index (κ3) is 3.63. The van der Waals surface area contributed by atoms with Gasteiger partial charge in [0.1, 0.15) is 11.4 Å². The molecule has 3 aliphatic rings. The lowest BCUT2D eigenvalue weighted by Gasteiger charge is -2.28. The highest BCUT2D eigenvalue weighted by Crippen LogP contribution is 2.49. The highest BCUT2D eigenvalue weighted by Gasteiger charge is 2.46. The van der Waals surface area contributed by atoms with E-state index in [-0.39, 0.29) is 23.0 Å². The van der Waals surface area contributed by atoms with Crippen LogP contribution in [-0.2, 0) is 16.6 Å². The number of carbonyl (C=O) groups excluding carboxylic acids is 2. The molecule has 0 N–H and O–H groups in total. The molecular weight excluding hydrogens is 454 g/mol. The quantitative estimate of drug-likeness (QED) is 0.493. The summed E-state index contributed by atoms with van der Waals surface area (Å²) in [7, 11) is 1.60. The second-order valence-corrected chi connectivity index (χ2v) is 9.83. The first kappa shape index (κ1) is 22.4. The molecule has 2 fully saturated rings. The Labute approximate surface area is 209 Å². The van der Waals surface area contributed by atoms with Crippen LogP contribution in [0.25, 0.3) is 10.5 Å². The molecule has 3 heterocycles. The second-order valence-electron chi connectivity index (χ2n) is 9.83. The van der Waals surface area contributed by atoms with Gasteiger partial charge in [0.25, 0.3) is 11.7 Å².